The first-order valence-corrected chi connectivity index (χ1v) is 8.81. The average Bonchev–Trinajstić information content (AvgIpc) is 2.57. The lowest BCUT2D eigenvalue weighted by Crippen LogP contribution is -2.50. The molecule has 4 heteroatoms. The van der Waals surface area contributed by atoms with Crippen molar-refractivity contribution in [2.75, 3.05) is 39.3 Å². The van der Waals surface area contributed by atoms with E-state index in [-0.39, 0.29) is 12.5 Å². The Balaban J connectivity index is 1.74. The first-order chi connectivity index (χ1) is 11.1. The maximum Gasteiger partial charge on any atom is 0.260 e. The molecule has 0 bridgehead atoms. The predicted molar refractivity (Wildman–Crippen MR) is 94.0 cm³/mol. The van der Waals surface area contributed by atoms with Gasteiger partial charge in [-0.25, -0.2) is 0 Å². The normalized spacial score (nSPS) is 15.7. The molecule has 23 heavy (non-hydrogen) atoms. The van der Waals surface area contributed by atoms with Crippen molar-refractivity contribution in [2.45, 2.75) is 40.0 Å². The van der Waals surface area contributed by atoms with Gasteiger partial charge in [0.2, 0.25) is 0 Å². The summed E-state index contributed by atoms with van der Waals surface area (Å²) in [5, 5.41) is 0. The third kappa shape index (κ3) is 5.24. The van der Waals surface area contributed by atoms with Crippen molar-refractivity contribution in [3.8, 4) is 5.75 Å². The second kappa shape index (κ2) is 8.92. The number of carbonyl (C=O) groups excluding carboxylic acids is 1. The lowest BCUT2D eigenvalue weighted by atomic mass is 10.1. The molecule has 1 aliphatic heterocycles. The molecule has 2 rings (SSSR count). The van der Waals surface area contributed by atoms with E-state index in [2.05, 4.69) is 24.8 Å². The van der Waals surface area contributed by atoms with E-state index in [1.165, 1.54) is 24.8 Å². The van der Waals surface area contributed by atoms with Crippen molar-refractivity contribution in [2.24, 2.45) is 0 Å². The number of amides is 1. The second-order valence-corrected chi connectivity index (χ2v) is 6.42. The number of aryl methyl sites for hydroxylation is 1. The Morgan fingerprint density at radius 3 is 2.57 bits per heavy atom. The fourth-order valence-electron chi connectivity index (χ4n) is 2.92. The second-order valence-electron chi connectivity index (χ2n) is 6.42. The number of benzene rings is 1. The van der Waals surface area contributed by atoms with Crippen molar-refractivity contribution in [3.63, 3.8) is 0 Å². The van der Waals surface area contributed by atoms with E-state index in [9.17, 15) is 4.79 Å². The highest BCUT2D eigenvalue weighted by atomic mass is 16.5. The van der Waals surface area contributed by atoms with E-state index in [1.54, 1.807) is 0 Å². The summed E-state index contributed by atoms with van der Waals surface area (Å²) in [4.78, 5) is 16.7. The number of nitrogens with zero attached hydrogens (tertiary/aromatic N) is 2. The number of carbonyl (C=O) groups is 1. The zero-order valence-electron chi connectivity index (χ0n) is 14.8. The number of unbranched alkanes of at least 4 members (excludes halogenated alkanes) is 2. The van der Waals surface area contributed by atoms with Gasteiger partial charge >= 0.3 is 0 Å². The minimum atomic E-state index is 0.0964. The largest absolute Gasteiger partial charge is 0.483 e. The van der Waals surface area contributed by atoms with E-state index in [4.69, 9.17) is 4.74 Å². The van der Waals surface area contributed by atoms with Crippen molar-refractivity contribution in [3.05, 3.63) is 29.3 Å². The molecule has 0 spiro atoms. The molecule has 0 aromatic heterocycles. The van der Waals surface area contributed by atoms with Crippen LogP contribution in [0.25, 0.3) is 0 Å². The molecule has 1 fully saturated rings. The Morgan fingerprint density at radius 2 is 1.87 bits per heavy atom. The SMILES string of the molecule is CCCCCN1CCN(C(=O)COc2cccc(C)c2C)CC1. The van der Waals surface area contributed by atoms with Crippen molar-refractivity contribution < 1.29 is 9.53 Å². The van der Waals surface area contributed by atoms with E-state index in [0.717, 1.165) is 44.0 Å². The van der Waals surface area contributed by atoms with E-state index >= 15 is 0 Å². The van der Waals surface area contributed by atoms with E-state index in [1.807, 2.05) is 24.0 Å². The van der Waals surface area contributed by atoms with Crippen LogP contribution in [-0.2, 0) is 4.79 Å². The average molecular weight is 318 g/mol. The lowest BCUT2D eigenvalue weighted by Gasteiger charge is -2.34. The molecule has 0 atom stereocenters. The molecule has 4 nitrogen and oxygen atoms in total. The Bertz CT molecular complexity index is 508. The highest BCUT2D eigenvalue weighted by molar-refractivity contribution is 5.78. The molecule has 1 aromatic rings. The monoisotopic (exact) mass is 318 g/mol. The predicted octanol–water partition coefficient (Wildman–Crippen LogP) is 3.02. The highest BCUT2D eigenvalue weighted by Crippen LogP contribution is 2.20. The summed E-state index contributed by atoms with van der Waals surface area (Å²) in [6.07, 6.45) is 3.82. The molecule has 0 N–H and O–H groups in total. The molecule has 0 radical (unpaired) electrons. The Kier molecular flexibility index (Phi) is 6.90. The Labute approximate surface area is 140 Å². The first kappa shape index (κ1) is 17.8. The van der Waals surface area contributed by atoms with Gasteiger partial charge in [-0.3, -0.25) is 9.69 Å². The quantitative estimate of drug-likeness (QED) is 0.725. The summed E-state index contributed by atoms with van der Waals surface area (Å²) in [5.74, 6) is 0.913. The van der Waals surface area contributed by atoms with Gasteiger partial charge in [0.05, 0.1) is 0 Å². The molecule has 0 aliphatic carbocycles. The number of rotatable bonds is 7. The number of hydrogen-bond acceptors (Lipinski definition) is 3. The highest BCUT2D eigenvalue weighted by Gasteiger charge is 2.21. The van der Waals surface area contributed by atoms with Gasteiger partial charge in [-0.2, -0.15) is 0 Å². The Hall–Kier alpha value is -1.55. The summed E-state index contributed by atoms with van der Waals surface area (Å²) in [7, 11) is 0. The summed E-state index contributed by atoms with van der Waals surface area (Å²) < 4.78 is 5.73. The maximum absolute atomic E-state index is 12.3. The molecular weight excluding hydrogens is 288 g/mol. The van der Waals surface area contributed by atoms with E-state index < -0.39 is 0 Å². The van der Waals surface area contributed by atoms with Crippen molar-refractivity contribution >= 4 is 5.91 Å². The number of piperazine rings is 1. The van der Waals surface area contributed by atoms with Crippen molar-refractivity contribution in [1.29, 1.82) is 0 Å². The number of hydrogen-bond donors (Lipinski definition) is 0. The lowest BCUT2D eigenvalue weighted by molar-refractivity contribution is -0.135. The molecular formula is C19H30N2O2. The topological polar surface area (TPSA) is 32.8 Å². The van der Waals surface area contributed by atoms with Gasteiger partial charge in [-0.05, 0) is 44.0 Å². The summed E-state index contributed by atoms with van der Waals surface area (Å²) in [5.41, 5.74) is 2.30. The minimum Gasteiger partial charge on any atom is -0.483 e. The van der Waals surface area contributed by atoms with Gasteiger partial charge in [0.25, 0.3) is 5.91 Å². The van der Waals surface area contributed by atoms with Crippen LogP contribution in [0.15, 0.2) is 18.2 Å². The molecule has 128 valence electrons. The van der Waals surface area contributed by atoms with Crippen LogP contribution in [0.3, 0.4) is 0 Å². The van der Waals surface area contributed by atoms with Gasteiger partial charge in [0.15, 0.2) is 6.61 Å². The van der Waals surface area contributed by atoms with Crippen molar-refractivity contribution in [1.82, 2.24) is 9.80 Å². The van der Waals surface area contributed by atoms with Crippen LogP contribution in [0, 0.1) is 13.8 Å². The fraction of sp³-hybridized carbons (Fsp3) is 0.632. The van der Waals surface area contributed by atoms with Crippen LogP contribution in [0.4, 0.5) is 0 Å². The van der Waals surface area contributed by atoms with Crippen LogP contribution in [-0.4, -0.2) is 55.0 Å². The van der Waals surface area contributed by atoms with E-state index in [0.29, 0.717) is 0 Å². The van der Waals surface area contributed by atoms with Crippen LogP contribution < -0.4 is 4.74 Å². The maximum atomic E-state index is 12.3. The molecule has 0 unspecified atom stereocenters. The third-order valence-corrected chi connectivity index (χ3v) is 4.71. The van der Waals surface area contributed by atoms with Crippen LogP contribution in [0.2, 0.25) is 0 Å². The first-order valence-electron chi connectivity index (χ1n) is 8.81. The molecule has 1 aliphatic rings. The minimum absolute atomic E-state index is 0.0964. The molecule has 0 saturated carbocycles. The van der Waals surface area contributed by atoms with Crippen LogP contribution >= 0.6 is 0 Å². The molecule has 1 aromatic carbocycles. The standard InChI is InChI=1S/C19H30N2O2/c1-4-5-6-10-20-11-13-21(14-12-20)19(22)15-23-18-9-7-8-16(2)17(18)3/h7-9H,4-6,10-15H2,1-3H3. The fourth-order valence-corrected chi connectivity index (χ4v) is 2.92. The Morgan fingerprint density at radius 1 is 1.13 bits per heavy atom. The molecule has 1 amide bonds. The summed E-state index contributed by atoms with van der Waals surface area (Å²) in [6, 6.07) is 5.96. The third-order valence-electron chi connectivity index (χ3n) is 4.71. The number of ether oxygens (including phenoxy) is 1. The molecule has 1 saturated heterocycles. The van der Waals surface area contributed by atoms with Gasteiger partial charge in [-0.15, -0.1) is 0 Å². The van der Waals surface area contributed by atoms with Crippen LogP contribution in [0.1, 0.15) is 37.3 Å². The van der Waals surface area contributed by atoms with Gasteiger partial charge in [0.1, 0.15) is 5.75 Å². The zero-order chi connectivity index (χ0) is 16.7. The van der Waals surface area contributed by atoms with Gasteiger partial charge < -0.3 is 9.64 Å². The zero-order valence-corrected chi connectivity index (χ0v) is 14.8. The summed E-state index contributed by atoms with van der Waals surface area (Å²) in [6.45, 7) is 11.2. The van der Waals surface area contributed by atoms with Gasteiger partial charge in [0, 0.05) is 26.2 Å². The van der Waals surface area contributed by atoms with Crippen LogP contribution in [0.5, 0.6) is 5.75 Å². The smallest absolute Gasteiger partial charge is 0.260 e. The molecule has 1 heterocycles. The van der Waals surface area contributed by atoms with Gasteiger partial charge in [-0.1, -0.05) is 31.9 Å². The summed E-state index contributed by atoms with van der Waals surface area (Å²) >= 11 is 0.